The van der Waals surface area contributed by atoms with E-state index in [4.69, 9.17) is 0 Å². The van der Waals surface area contributed by atoms with Crippen molar-refractivity contribution in [2.75, 3.05) is 0 Å². The fourth-order valence-electron chi connectivity index (χ4n) is 3.16. The van der Waals surface area contributed by atoms with Crippen molar-refractivity contribution in [3.05, 3.63) is 59.7 Å². The van der Waals surface area contributed by atoms with E-state index >= 15 is 0 Å². The van der Waals surface area contributed by atoms with Crippen molar-refractivity contribution in [2.24, 2.45) is 0 Å². The quantitative estimate of drug-likeness (QED) is 0.739. The number of rotatable bonds is 2. The maximum atomic E-state index is 9.46. The third-order valence-corrected chi connectivity index (χ3v) is 4.24. The van der Waals surface area contributed by atoms with Crippen molar-refractivity contribution in [3.8, 4) is 17.2 Å². The number of nitriles is 1. The van der Waals surface area contributed by atoms with Crippen LogP contribution in [0.3, 0.4) is 0 Å². The molecule has 0 heterocycles. The summed E-state index contributed by atoms with van der Waals surface area (Å²) >= 11 is 0. The molecular formula is C19H18N. The third-order valence-electron chi connectivity index (χ3n) is 4.24. The van der Waals surface area contributed by atoms with E-state index in [2.05, 4.69) is 24.3 Å². The summed E-state index contributed by atoms with van der Waals surface area (Å²) in [5, 5.41) is 9.46. The van der Waals surface area contributed by atoms with Crippen LogP contribution in [-0.4, -0.2) is 0 Å². The minimum Gasteiger partial charge on any atom is -0.192 e. The second-order valence-corrected chi connectivity index (χ2v) is 5.53. The van der Waals surface area contributed by atoms with Crippen LogP contribution >= 0.6 is 0 Å². The van der Waals surface area contributed by atoms with Crippen molar-refractivity contribution >= 4 is 0 Å². The summed E-state index contributed by atoms with van der Waals surface area (Å²) in [7, 11) is 0. The van der Waals surface area contributed by atoms with E-state index in [1.54, 1.807) is 0 Å². The van der Waals surface area contributed by atoms with Gasteiger partial charge >= 0.3 is 0 Å². The molecule has 0 saturated heterocycles. The summed E-state index contributed by atoms with van der Waals surface area (Å²) in [6.07, 6.45) is 6.39. The molecular weight excluding hydrogens is 242 g/mol. The van der Waals surface area contributed by atoms with Crippen LogP contribution in [-0.2, 0) is 0 Å². The molecule has 2 aromatic rings. The van der Waals surface area contributed by atoms with Crippen molar-refractivity contribution < 1.29 is 0 Å². The molecule has 3 rings (SSSR count). The molecule has 0 unspecified atom stereocenters. The standard InChI is InChI=1S/C19H18N/c20-14-18-13-17(15-7-3-1-4-8-15)11-12-19(18)16-9-5-2-6-10-16/h1,3-4,7,11-13,16H,2,5-6,9-10H2. The highest BCUT2D eigenvalue weighted by atomic mass is 14.3. The molecule has 0 amide bonds. The van der Waals surface area contributed by atoms with Gasteiger partial charge in [0.05, 0.1) is 11.6 Å². The first-order valence-corrected chi connectivity index (χ1v) is 7.39. The lowest BCUT2D eigenvalue weighted by molar-refractivity contribution is 0.443. The average Bonchev–Trinajstić information content (AvgIpc) is 2.56. The second-order valence-electron chi connectivity index (χ2n) is 5.53. The van der Waals surface area contributed by atoms with Crippen LogP contribution in [0.4, 0.5) is 0 Å². The van der Waals surface area contributed by atoms with Crippen LogP contribution in [0.2, 0.25) is 0 Å². The van der Waals surface area contributed by atoms with Gasteiger partial charge in [0.25, 0.3) is 0 Å². The van der Waals surface area contributed by atoms with Gasteiger partial charge in [0.15, 0.2) is 0 Å². The third kappa shape index (κ3) is 2.60. The largest absolute Gasteiger partial charge is 0.192 e. The summed E-state index contributed by atoms with van der Waals surface area (Å²) in [6, 6.07) is 19.9. The van der Waals surface area contributed by atoms with Gasteiger partial charge < -0.3 is 0 Å². The molecule has 0 atom stereocenters. The fraction of sp³-hybridized carbons (Fsp3) is 0.316. The van der Waals surface area contributed by atoms with Gasteiger partial charge in [0.1, 0.15) is 0 Å². The van der Waals surface area contributed by atoms with Crippen molar-refractivity contribution in [2.45, 2.75) is 38.0 Å². The summed E-state index contributed by atoms with van der Waals surface area (Å²) in [5.74, 6) is 0.576. The first-order valence-electron chi connectivity index (χ1n) is 7.39. The molecule has 1 radical (unpaired) electrons. The SMILES string of the molecule is N#Cc1cc(-c2[c]cccc2)ccc1C1CCCCC1. The van der Waals surface area contributed by atoms with Crippen LogP contribution in [0.15, 0.2) is 42.5 Å². The maximum absolute atomic E-state index is 9.46. The number of hydrogen-bond acceptors (Lipinski definition) is 1. The Labute approximate surface area is 120 Å². The first-order chi connectivity index (χ1) is 9.88. The van der Waals surface area contributed by atoms with Gasteiger partial charge in [0, 0.05) is 0 Å². The Morgan fingerprint density at radius 1 is 1.05 bits per heavy atom. The molecule has 2 aromatic carbocycles. The zero-order chi connectivity index (χ0) is 13.8. The van der Waals surface area contributed by atoms with Gasteiger partial charge in [-0.15, -0.1) is 0 Å². The van der Waals surface area contributed by atoms with Gasteiger partial charge in [-0.3, -0.25) is 0 Å². The van der Waals surface area contributed by atoms with Crippen molar-refractivity contribution in [3.63, 3.8) is 0 Å². The second kappa shape index (κ2) is 5.92. The molecule has 0 aromatic heterocycles. The number of hydrogen-bond donors (Lipinski definition) is 0. The molecule has 1 aliphatic rings. The van der Waals surface area contributed by atoms with E-state index in [9.17, 15) is 5.26 Å². The van der Waals surface area contributed by atoms with Gasteiger partial charge in [-0.2, -0.15) is 5.26 Å². The van der Waals surface area contributed by atoms with E-state index in [-0.39, 0.29) is 0 Å². The Bertz CT molecular complexity index is 616. The maximum Gasteiger partial charge on any atom is 0.0994 e. The first kappa shape index (κ1) is 12.9. The van der Waals surface area contributed by atoms with E-state index in [1.165, 1.54) is 37.7 Å². The zero-order valence-corrected chi connectivity index (χ0v) is 11.6. The molecule has 0 N–H and O–H groups in total. The topological polar surface area (TPSA) is 23.8 Å². The number of nitrogens with zero attached hydrogens (tertiary/aromatic N) is 1. The summed E-state index contributed by atoms with van der Waals surface area (Å²) in [5.41, 5.74) is 4.22. The molecule has 0 spiro atoms. The Morgan fingerprint density at radius 3 is 2.60 bits per heavy atom. The smallest absolute Gasteiger partial charge is 0.0994 e. The van der Waals surface area contributed by atoms with E-state index in [1.807, 2.05) is 30.3 Å². The predicted octanol–water partition coefficient (Wildman–Crippen LogP) is 5.07. The molecule has 1 saturated carbocycles. The van der Waals surface area contributed by atoms with Crippen LogP contribution in [0, 0.1) is 17.4 Å². The fourth-order valence-corrected chi connectivity index (χ4v) is 3.16. The highest BCUT2D eigenvalue weighted by Gasteiger charge is 2.18. The van der Waals surface area contributed by atoms with Crippen LogP contribution < -0.4 is 0 Å². The highest BCUT2D eigenvalue weighted by Crippen LogP contribution is 2.35. The Hall–Kier alpha value is -2.07. The molecule has 1 aliphatic carbocycles. The van der Waals surface area contributed by atoms with Crippen molar-refractivity contribution in [1.82, 2.24) is 0 Å². The highest BCUT2D eigenvalue weighted by molar-refractivity contribution is 5.65. The van der Waals surface area contributed by atoms with Crippen molar-refractivity contribution in [1.29, 1.82) is 5.26 Å². The Morgan fingerprint density at radius 2 is 1.90 bits per heavy atom. The lowest BCUT2D eigenvalue weighted by Crippen LogP contribution is -2.06. The predicted molar refractivity (Wildman–Crippen MR) is 81.3 cm³/mol. The zero-order valence-electron chi connectivity index (χ0n) is 11.6. The lowest BCUT2D eigenvalue weighted by Gasteiger charge is -2.23. The summed E-state index contributed by atoms with van der Waals surface area (Å²) in [4.78, 5) is 0. The average molecular weight is 260 g/mol. The molecule has 20 heavy (non-hydrogen) atoms. The molecule has 1 nitrogen and oxygen atoms in total. The molecule has 99 valence electrons. The summed E-state index contributed by atoms with van der Waals surface area (Å²) in [6.45, 7) is 0. The van der Waals surface area contributed by atoms with Gasteiger partial charge in [-0.25, -0.2) is 0 Å². The minimum absolute atomic E-state index is 0.576. The Balaban J connectivity index is 1.96. The molecule has 0 aliphatic heterocycles. The molecule has 0 bridgehead atoms. The monoisotopic (exact) mass is 260 g/mol. The lowest BCUT2D eigenvalue weighted by atomic mass is 9.81. The normalized spacial score (nSPS) is 15.8. The van der Waals surface area contributed by atoms with E-state index in [0.29, 0.717) is 5.92 Å². The van der Waals surface area contributed by atoms with Gasteiger partial charge in [0.2, 0.25) is 0 Å². The van der Waals surface area contributed by atoms with Crippen LogP contribution in [0.25, 0.3) is 11.1 Å². The Kier molecular flexibility index (Phi) is 3.83. The van der Waals surface area contributed by atoms with Gasteiger partial charge in [-0.1, -0.05) is 55.7 Å². The van der Waals surface area contributed by atoms with Gasteiger partial charge in [-0.05, 0) is 47.6 Å². The molecule has 1 fully saturated rings. The molecule has 1 heteroatoms. The number of benzene rings is 2. The van der Waals surface area contributed by atoms with E-state index < -0.39 is 0 Å². The van der Waals surface area contributed by atoms with E-state index in [0.717, 1.165) is 16.7 Å². The minimum atomic E-state index is 0.576. The van der Waals surface area contributed by atoms with Crippen LogP contribution in [0.5, 0.6) is 0 Å². The van der Waals surface area contributed by atoms with Crippen LogP contribution in [0.1, 0.15) is 49.1 Å². The summed E-state index contributed by atoms with van der Waals surface area (Å²) < 4.78 is 0.